The highest BCUT2D eigenvalue weighted by molar-refractivity contribution is 7.38. The van der Waals surface area contributed by atoms with Crippen LogP contribution < -0.4 is 0 Å². The van der Waals surface area contributed by atoms with E-state index in [1.165, 1.54) is 27.3 Å². The summed E-state index contributed by atoms with van der Waals surface area (Å²) in [5.41, 5.74) is 1.62. The van der Waals surface area contributed by atoms with Gasteiger partial charge in [-0.25, -0.2) is 0 Å². The van der Waals surface area contributed by atoms with Gasteiger partial charge >= 0.3 is 0 Å². The lowest BCUT2D eigenvalue weighted by atomic mass is 10.0. The first-order valence-corrected chi connectivity index (χ1v) is 5.79. The lowest BCUT2D eigenvalue weighted by molar-refractivity contribution is 0.494. The molecule has 1 heterocycles. The van der Waals surface area contributed by atoms with Crippen molar-refractivity contribution >= 4 is 8.58 Å². The van der Waals surface area contributed by atoms with Crippen molar-refractivity contribution < 1.29 is 0 Å². The minimum absolute atomic E-state index is 0.811. The van der Waals surface area contributed by atoms with E-state index in [1.54, 1.807) is 0 Å². The Kier molecular flexibility index (Phi) is 2.12. The quantitative estimate of drug-likeness (QED) is 0.475. The van der Waals surface area contributed by atoms with Gasteiger partial charge in [0.05, 0.1) is 0 Å². The molecule has 1 aliphatic heterocycles. The van der Waals surface area contributed by atoms with Crippen LogP contribution in [0, 0.1) is 10.8 Å². The van der Waals surface area contributed by atoms with Crippen molar-refractivity contribution in [3.8, 4) is 0 Å². The predicted octanol–water partition coefficient (Wildman–Crippen LogP) is 3.12. The average molecular weight is 158 g/mol. The Balaban J connectivity index is 0.000000231. The van der Waals surface area contributed by atoms with E-state index < -0.39 is 0 Å². The molecule has 2 rings (SSSR count). The second-order valence-electron chi connectivity index (χ2n) is 3.90. The first-order valence-electron chi connectivity index (χ1n) is 4.37. The summed E-state index contributed by atoms with van der Waals surface area (Å²) in [5.74, 6) is 0. The summed E-state index contributed by atoms with van der Waals surface area (Å²) in [4.78, 5) is 0. The molecular weight excluding hydrogens is 139 g/mol. The van der Waals surface area contributed by atoms with E-state index in [0.29, 0.717) is 0 Å². The van der Waals surface area contributed by atoms with Crippen LogP contribution in [0.15, 0.2) is 0 Å². The van der Waals surface area contributed by atoms with E-state index in [2.05, 4.69) is 13.8 Å². The monoisotopic (exact) mass is 158 g/mol. The second-order valence-corrected chi connectivity index (χ2v) is 5.11. The summed E-state index contributed by atoms with van der Waals surface area (Å²) in [6, 6.07) is 0. The van der Waals surface area contributed by atoms with Gasteiger partial charge in [-0.2, -0.15) is 0 Å². The normalized spacial score (nSPS) is 51.6. The standard InChI is InChI=1S/C7H13P.C2H6/c1-6-3-7(6,2)5-8-4-6;1-2/h8H,3-5H2,1-2H3;1-2H3. The van der Waals surface area contributed by atoms with Crippen LogP contribution in [0.4, 0.5) is 0 Å². The topological polar surface area (TPSA) is 0 Å². The van der Waals surface area contributed by atoms with Gasteiger partial charge in [0.2, 0.25) is 0 Å². The molecule has 0 spiro atoms. The Morgan fingerprint density at radius 2 is 1.40 bits per heavy atom. The summed E-state index contributed by atoms with van der Waals surface area (Å²) < 4.78 is 0. The van der Waals surface area contributed by atoms with Crippen LogP contribution in [0.25, 0.3) is 0 Å². The molecule has 60 valence electrons. The molecule has 1 aliphatic carbocycles. The number of rotatable bonds is 0. The summed E-state index contributed by atoms with van der Waals surface area (Å²) >= 11 is 0. The van der Waals surface area contributed by atoms with Crippen LogP contribution in [-0.4, -0.2) is 12.3 Å². The minimum Gasteiger partial charge on any atom is -0.121 e. The van der Waals surface area contributed by atoms with E-state index in [9.17, 15) is 0 Å². The SMILES string of the molecule is CC.CC12CPCC1(C)C2. The molecular formula is C9H19P. The fourth-order valence-electron chi connectivity index (χ4n) is 1.98. The van der Waals surface area contributed by atoms with Gasteiger partial charge in [0.25, 0.3) is 0 Å². The summed E-state index contributed by atoms with van der Waals surface area (Å²) in [6.45, 7) is 8.90. The zero-order chi connectivity index (χ0) is 7.83. The summed E-state index contributed by atoms with van der Waals surface area (Å²) in [7, 11) is 1.28. The van der Waals surface area contributed by atoms with Crippen LogP contribution in [0.1, 0.15) is 34.1 Å². The third kappa shape index (κ3) is 1.01. The maximum atomic E-state index is 2.45. The maximum Gasteiger partial charge on any atom is -0.0226 e. The third-order valence-electron chi connectivity index (χ3n) is 3.14. The maximum absolute atomic E-state index is 2.45. The van der Waals surface area contributed by atoms with E-state index >= 15 is 0 Å². The molecule has 1 saturated heterocycles. The molecule has 0 aromatic rings. The van der Waals surface area contributed by atoms with Crippen molar-refractivity contribution in [1.82, 2.24) is 0 Å². The van der Waals surface area contributed by atoms with Crippen molar-refractivity contribution in [2.75, 3.05) is 12.3 Å². The van der Waals surface area contributed by atoms with Crippen LogP contribution in [0.2, 0.25) is 0 Å². The molecule has 0 aromatic heterocycles. The van der Waals surface area contributed by atoms with E-state index in [-0.39, 0.29) is 0 Å². The van der Waals surface area contributed by atoms with Gasteiger partial charge in [-0.05, 0) is 29.6 Å². The molecule has 2 unspecified atom stereocenters. The Morgan fingerprint density at radius 3 is 1.50 bits per heavy atom. The van der Waals surface area contributed by atoms with Crippen molar-refractivity contribution in [1.29, 1.82) is 0 Å². The van der Waals surface area contributed by atoms with E-state index in [0.717, 1.165) is 10.8 Å². The highest BCUT2D eigenvalue weighted by atomic mass is 31.1. The van der Waals surface area contributed by atoms with Crippen LogP contribution in [-0.2, 0) is 0 Å². The molecule has 2 aliphatic rings. The molecule has 10 heavy (non-hydrogen) atoms. The fraction of sp³-hybridized carbons (Fsp3) is 1.00. The first-order chi connectivity index (χ1) is 4.66. The smallest absolute Gasteiger partial charge is 0.0226 e. The Morgan fingerprint density at radius 1 is 1.00 bits per heavy atom. The lowest BCUT2D eigenvalue weighted by Crippen LogP contribution is -2.01. The van der Waals surface area contributed by atoms with Gasteiger partial charge in [-0.3, -0.25) is 0 Å². The van der Waals surface area contributed by atoms with E-state index in [4.69, 9.17) is 0 Å². The van der Waals surface area contributed by atoms with Gasteiger partial charge in [-0.15, -0.1) is 8.58 Å². The van der Waals surface area contributed by atoms with Gasteiger partial charge < -0.3 is 0 Å². The van der Waals surface area contributed by atoms with Crippen LogP contribution >= 0.6 is 8.58 Å². The van der Waals surface area contributed by atoms with E-state index in [1.807, 2.05) is 13.8 Å². The minimum atomic E-state index is 0.811. The average Bonchev–Trinajstić information content (AvgIpc) is 2.29. The van der Waals surface area contributed by atoms with Gasteiger partial charge in [0.15, 0.2) is 0 Å². The molecule has 1 heteroatoms. The van der Waals surface area contributed by atoms with Crippen molar-refractivity contribution in [3.05, 3.63) is 0 Å². The molecule has 0 radical (unpaired) electrons. The second kappa shape index (κ2) is 2.48. The zero-order valence-electron chi connectivity index (χ0n) is 7.62. The molecule has 0 aromatic carbocycles. The predicted molar refractivity (Wildman–Crippen MR) is 50.2 cm³/mol. The Labute approximate surface area is 66.6 Å². The van der Waals surface area contributed by atoms with Crippen LogP contribution in [0.5, 0.6) is 0 Å². The molecule has 0 N–H and O–H groups in total. The molecule has 1 saturated carbocycles. The summed E-state index contributed by atoms with van der Waals surface area (Å²) in [5, 5.41) is 0. The number of hydrogen-bond donors (Lipinski definition) is 0. The summed E-state index contributed by atoms with van der Waals surface area (Å²) in [6.07, 6.45) is 4.58. The molecule has 0 bridgehead atoms. The molecule has 0 nitrogen and oxygen atoms in total. The first kappa shape index (κ1) is 8.53. The molecule has 0 amide bonds. The van der Waals surface area contributed by atoms with Gasteiger partial charge in [0.1, 0.15) is 0 Å². The molecule has 2 atom stereocenters. The van der Waals surface area contributed by atoms with Crippen molar-refractivity contribution in [2.24, 2.45) is 10.8 Å². The highest BCUT2D eigenvalue weighted by Crippen LogP contribution is 2.72. The fourth-order valence-corrected chi connectivity index (χ4v) is 4.32. The number of fused-ring (bicyclic) bond motifs is 1. The van der Waals surface area contributed by atoms with Gasteiger partial charge in [0, 0.05) is 0 Å². The number of hydrogen-bond acceptors (Lipinski definition) is 0. The Bertz CT molecular complexity index is 111. The van der Waals surface area contributed by atoms with Crippen molar-refractivity contribution in [2.45, 2.75) is 34.1 Å². The highest BCUT2D eigenvalue weighted by Gasteiger charge is 2.63. The largest absolute Gasteiger partial charge is 0.121 e. The molecule has 2 fully saturated rings. The van der Waals surface area contributed by atoms with Crippen molar-refractivity contribution in [3.63, 3.8) is 0 Å². The van der Waals surface area contributed by atoms with Crippen LogP contribution in [0.3, 0.4) is 0 Å². The lowest BCUT2D eigenvalue weighted by Gasteiger charge is -2.03. The Hall–Kier alpha value is 0.430. The third-order valence-corrected chi connectivity index (χ3v) is 5.20. The van der Waals surface area contributed by atoms with Gasteiger partial charge in [-0.1, -0.05) is 27.7 Å². The zero-order valence-corrected chi connectivity index (χ0v) is 8.62.